The van der Waals surface area contributed by atoms with Gasteiger partial charge in [0.1, 0.15) is 11.6 Å². The van der Waals surface area contributed by atoms with Gasteiger partial charge in [0.25, 0.3) is 0 Å². The van der Waals surface area contributed by atoms with Gasteiger partial charge in [-0.25, -0.2) is 8.78 Å². The number of benzene rings is 3. The summed E-state index contributed by atoms with van der Waals surface area (Å²) in [6.45, 7) is 0. The van der Waals surface area contributed by atoms with Gasteiger partial charge in [0.2, 0.25) is 0 Å². The third kappa shape index (κ3) is 2.79. The van der Waals surface area contributed by atoms with Gasteiger partial charge < -0.3 is 0 Å². The molecule has 0 heterocycles. The van der Waals surface area contributed by atoms with Gasteiger partial charge in [-0.3, -0.25) is 0 Å². The molecule has 2 aliphatic rings. The van der Waals surface area contributed by atoms with E-state index in [0.29, 0.717) is 0 Å². The fraction of sp³-hybridized carbons (Fsp3) is 0.111. The van der Waals surface area contributed by atoms with Crippen LogP contribution in [0.3, 0.4) is 0 Å². The zero-order valence-electron chi connectivity index (χ0n) is 15.8. The van der Waals surface area contributed by atoms with Gasteiger partial charge in [-0.2, -0.15) is 0 Å². The number of allylic oxidation sites excluding steroid dienone is 5. The van der Waals surface area contributed by atoms with E-state index in [1.807, 2.05) is 30.3 Å². The molecule has 5 rings (SSSR count). The van der Waals surface area contributed by atoms with Gasteiger partial charge >= 0.3 is 0 Å². The first-order valence-electron chi connectivity index (χ1n) is 9.84. The number of hydrogen-bond acceptors (Lipinski definition) is 0. The van der Waals surface area contributed by atoms with Crippen molar-refractivity contribution in [3.8, 4) is 0 Å². The zero-order valence-corrected chi connectivity index (χ0v) is 15.8. The minimum Gasteiger partial charge on any atom is -0.207 e. The average Bonchev–Trinajstić information content (AvgIpc) is 3.42. The second-order valence-electron chi connectivity index (χ2n) is 7.64. The summed E-state index contributed by atoms with van der Waals surface area (Å²) in [5.41, 5.74) is 3.93. The standard InChI is InChI=1S/C27H20F2/c28-23-14-10-21(11-15-23)27(20-6-2-3-7-20,22-12-16-24(29)17-13-22)26-18-9-19-5-1-4-8-25(19)26/h1-18,20,26H. The quantitative estimate of drug-likeness (QED) is 0.465. The summed E-state index contributed by atoms with van der Waals surface area (Å²) >= 11 is 0. The lowest BCUT2D eigenvalue weighted by atomic mass is 9.58. The van der Waals surface area contributed by atoms with Crippen LogP contribution in [0.1, 0.15) is 28.2 Å². The molecule has 0 saturated heterocycles. The topological polar surface area (TPSA) is 0 Å². The summed E-state index contributed by atoms with van der Waals surface area (Å²) < 4.78 is 27.7. The molecule has 0 aromatic heterocycles. The van der Waals surface area contributed by atoms with Gasteiger partial charge in [-0.1, -0.05) is 85.0 Å². The highest BCUT2D eigenvalue weighted by atomic mass is 19.1. The van der Waals surface area contributed by atoms with Gasteiger partial charge in [-0.05, 0) is 46.5 Å². The van der Waals surface area contributed by atoms with E-state index in [0.717, 1.165) is 11.1 Å². The molecule has 1 atom stereocenters. The van der Waals surface area contributed by atoms with Crippen molar-refractivity contribution in [3.63, 3.8) is 0 Å². The molecule has 29 heavy (non-hydrogen) atoms. The van der Waals surface area contributed by atoms with Crippen LogP contribution in [-0.2, 0) is 5.41 Å². The first-order chi connectivity index (χ1) is 14.2. The fourth-order valence-corrected chi connectivity index (χ4v) is 4.95. The van der Waals surface area contributed by atoms with Crippen LogP contribution in [0.4, 0.5) is 8.78 Å². The molecule has 0 aliphatic heterocycles. The van der Waals surface area contributed by atoms with Crippen molar-refractivity contribution in [2.24, 2.45) is 5.92 Å². The Morgan fingerprint density at radius 1 is 0.621 bits per heavy atom. The molecule has 2 aliphatic carbocycles. The van der Waals surface area contributed by atoms with Crippen molar-refractivity contribution in [1.29, 1.82) is 0 Å². The molecular formula is C27H20F2. The van der Waals surface area contributed by atoms with Crippen LogP contribution in [0.25, 0.3) is 6.08 Å². The van der Waals surface area contributed by atoms with Gasteiger partial charge in [0.05, 0.1) is 0 Å². The van der Waals surface area contributed by atoms with Crippen LogP contribution in [0, 0.1) is 17.6 Å². The molecule has 0 fully saturated rings. The smallest absolute Gasteiger partial charge is 0.123 e. The van der Waals surface area contributed by atoms with E-state index in [1.165, 1.54) is 35.4 Å². The van der Waals surface area contributed by atoms with Crippen molar-refractivity contribution in [2.75, 3.05) is 0 Å². The third-order valence-electron chi connectivity index (χ3n) is 6.21. The predicted octanol–water partition coefficient (Wildman–Crippen LogP) is 6.80. The number of rotatable bonds is 4. The highest BCUT2D eigenvalue weighted by Crippen LogP contribution is 2.55. The Kier molecular flexibility index (Phi) is 4.28. The normalized spacial score (nSPS) is 17.8. The van der Waals surface area contributed by atoms with Crippen molar-refractivity contribution in [3.05, 3.63) is 137 Å². The molecule has 3 aromatic rings. The molecule has 0 nitrogen and oxygen atoms in total. The maximum absolute atomic E-state index is 13.8. The fourth-order valence-electron chi connectivity index (χ4n) is 4.95. The SMILES string of the molecule is Fc1ccc(C(c2ccc(F)cc2)(C2C=CC=C2)C2C=Cc3ccccc32)cc1. The lowest BCUT2D eigenvalue weighted by Gasteiger charge is -2.44. The van der Waals surface area contributed by atoms with Crippen LogP contribution in [0.2, 0.25) is 0 Å². The zero-order chi connectivity index (χ0) is 19.8. The van der Waals surface area contributed by atoms with E-state index in [2.05, 4.69) is 54.7 Å². The first-order valence-corrected chi connectivity index (χ1v) is 9.84. The molecular weight excluding hydrogens is 362 g/mol. The summed E-state index contributed by atoms with van der Waals surface area (Å²) in [5, 5.41) is 0. The van der Waals surface area contributed by atoms with Gasteiger partial charge in [0.15, 0.2) is 0 Å². The number of halogens is 2. The highest BCUT2D eigenvalue weighted by molar-refractivity contribution is 5.66. The Labute approximate surface area is 169 Å². The molecule has 0 bridgehead atoms. The summed E-state index contributed by atoms with van der Waals surface area (Å²) in [7, 11) is 0. The van der Waals surface area contributed by atoms with E-state index < -0.39 is 5.41 Å². The lowest BCUT2D eigenvalue weighted by molar-refractivity contribution is 0.400. The van der Waals surface area contributed by atoms with Crippen LogP contribution >= 0.6 is 0 Å². The van der Waals surface area contributed by atoms with Gasteiger partial charge in [-0.15, -0.1) is 0 Å². The molecule has 0 spiro atoms. The van der Waals surface area contributed by atoms with Crippen molar-refractivity contribution in [1.82, 2.24) is 0 Å². The largest absolute Gasteiger partial charge is 0.207 e. The van der Waals surface area contributed by atoms with Crippen molar-refractivity contribution < 1.29 is 8.78 Å². The van der Waals surface area contributed by atoms with Crippen LogP contribution in [0.15, 0.2) is 103 Å². The Balaban J connectivity index is 1.83. The average molecular weight is 382 g/mol. The Morgan fingerprint density at radius 2 is 1.17 bits per heavy atom. The highest BCUT2D eigenvalue weighted by Gasteiger charge is 2.48. The molecule has 2 heteroatoms. The Hall–Kier alpha value is -3.26. The molecule has 0 amide bonds. The molecule has 3 aromatic carbocycles. The van der Waals surface area contributed by atoms with Gasteiger partial charge in [0, 0.05) is 17.3 Å². The molecule has 1 unspecified atom stereocenters. The number of fused-ring (bicyclic) bond motifs is 1. The maximum atomic E-state index is 13.8. The third-order valence-corrected chi connectivity index (χ3v) is 6.21. The molecule has 0 saturated carbocycles. The summed E-state index contributed by atoms with van der Waals surface area (Å²) in [6.07, 6.45) is 12.9. The maximum Gasteiger partial charge on any atom is 0.123 e. The summed E-state index contributed by atoms with van der Waals surface area (Å²) in [5.74, 6) is -0.436. The van der Waals surface area contributed by atoms with Crippen LogP contribution in [-0.4, -0.2) is 0 Å². The first kappa shape index (κ1) is 17.8. The monoisotopic (exact) mass is 382 g/mol. The molecule has 0 radical (unpaired) electrons. The predicted molar refractivity (Wildman–Crippen MR) is 114 cm³/mol. The lowest BCUT2D eigenvalue weighted by Crippen LogP contribution is -2.40. The number of hydrogen-bond donors (Lipinski definition) is 0. The Bertz CT molecular complexity index is 1060. The summed E-state index contributed by atoms with van der Waals surface area (Å²) in [6, 6.07) is 21.9. The van der Waals surface area contributed by atoms with E-state index >= 15 is 0 Å². The summed E-state index contributed by atoms with van der Waals surface area (Å²) in [4.78, 5) is 0. The second kappa shape index (κ2) is 6.97. The van der Waals surface area contributed by atoms with Crippen LogP contribution in [0.5, 0.6) is 0 Å². The second-order valence-corrected chi connectivity index (χ2v) is 7.64. The van der Waals surface area contributed by atoms with Crippen molar-refractivity contribution >= 4 is 6.08 Å². The van der Waals surface area contributed by atoms with E-state index in [4.69, 9.17) is 0 Å². The minimum absolute atomic E-state index is 0.0343. The molecule has 142 valence electrons. The Morgan fingerprint density at radius 3 is 1.76 bits per heavy atom. The van der Waals surface area contributed by atoms with E-state index in [1.54, 1.807) is 0 Å². The minimum atomic E-state index is -0.520. The van der Waals surface area contributed by atoms with E-state index in [-0.39, 0.29) is 23.5 Å². The van der Waals surface area contributed by atoms with Crippen LogP contribution < -0.4 is 0 Å². The van der Waals surface area contributed by atoms with Crippen molar-refractivity contribution in [2.45, 2.75) is 11.3 Å². The molecule has 0 N–H and O–H groups in total. The van der Waals surface area contributed by atoms with E-state index in [9.17, 15) is 8.78 Å².